The van der Waals surface area contributed by atoms with Crippen molar-refractivity contribution < 1.29 is 4.74 Å². The SMILES string of the molecule is COc1cc(N)cnc1-n1nccn1. The van der Waals surface area contributed by atoms with Crippen LogP contribution in [0, 0.1) is 0 Å². The fourth-order valence-electron chi connectivity index (χ4n) is 1.08. The molecule has 6 heteroatoms. The topological polar surface area (TPSA) is 78.9 Å². The lowest BCUT2D eigenvalue weighted by atomic mass is 10.4. The van der Waals surface area contributed by atoms with Crippen molar-refractivity contribution >= 4 is 5.69 Å². The Balaban J connectivity index is 2.53. The maximum Gasteiger partial charge on any atom is 0.216 e. The molecule has 0 amide bonds. The molecule has 0 aliphatic carbocycles. The number of ether oxygens (including phenoxy) is 1. The molecule has 2 rings (SSSR count). The molecule has 0 atom stereocenters. The molecule has 0 spiro atoms. The van der Waals surface area contributed by atoms with Gasteiger partial charge in [0.05, 0.1) is 31.4 Å². The zero-order valence-corrected chi connectivity index (χ0v) is 7.58. The monoisotopic (exact) mass is 191 g/mol. The number of rotatable bonds is 2. The van der Waals surface area contributed by atoms with Gasteiger partial charge in [0.2, 0.25) is 5.82 Å². The summed E-state index contributed by atoms with van der Waals surface area (Å²) in [7, 11) is 1.55. The number of aromatic nitrogens is 4. The molecule has 0 aliphatic heterocycles. The van der Waals surface area contributed by atoms with Crippen LogP contribution in [-0.2, 0) is 0 Å². The first-order valence-corrected chi connectivity index (χ1v) is 3.97. The highest BCUT2D eigenvalue weighted by Gasteiger charge is 2.07. The van der Waals surface area contributed by atoms with Crippen LogP contribution in [0.4, 0.5) is 5.69 Å². The Morgan fingerprint density at radius 1 is 1.36 bits per heavy atom. The van der Waals surface area contributed by atoms with E-state index >= 15 is 0 Å². The number of methoxy groups -OCH3 is 1. The van der Waals surface area contributed by atoms with E-state index in [1.807, 2.05) is 0 Å². The Morgan fingerprint density at radius 3 is 2.71 bits per heavy atom. The first-order chi connectivity index (χ1) is 6.81. The molecule has 0 unspecified atom stereocenters. The van der Waals surface area contributed by atoms with Gasteiger partial charge in [-0.2, -0.15) is 10.2 Å². The summed E-state index contributed by atoms with van der Waals surface area (Å²) in [5.74, 6) is 1.06. The number of pyridine rings is 1. The molecule has 14 heavy (non-hydrogen) atoms. The number of nitrogen functional groups attached to an aromatic ring is 1. The van der Waals surface area contributed by atoms with Crippen molar-refractivity contribution in [2.24, 2.45) is 0 Å². The van der Waals surface area contributed by atoms with Gasteiger partial charge in [-0.3, -0.25) is 0 Å². The average Bonchev–Trinajstić information content (AvgIpc) is 2.70. The van der Waals surface area contributed by atoms with Crippen molar-refractivity contribution in [2.75, 3.05) is 12.8 Å². The van der Waals surface area contributed by atoms with Gasteiger partial charge < -0.3 is 10.5 Å². The van der Waals surface area contributed by atoms with E-state index in [0.717, 1.165) is 0 Å². The van der Waals surface area contributed by atoms with E-state index in [0.29, 0.717) is 17.3 Å². The number of nitrogens with two attached hydrogens (primary N) is 1. The third-order valence-electron chi connectivity index (χ3n) is 1.68. The first-order valence-electron chi connectivity index (χ1n) is 3.97. The standard InChI is InChI=1S/C8H9N5O/c1-14-7-4-6(9)5-10-8(7)13-11-2-3-12-13/h2-5H,9H2,1H3. The Morgan fingerprint density at radius 2 is 2.07 bits per heavy atom. The van der Waals surface area contributed by atoms with E-state index in [9.17, 15) is 0 Å². The fourth-order valence-corrected chi connectivity index (χ4v) is 1.08. The van der Waals surface area contributed by atoms with Gasteiger partial charge in [-0.05, 0) is 0 Å². The smallest absolute Gasteiger partial charge is 0.216 e. The molecule has 6 nitrogen and oxygen atoms in total. The molecule has 0 radical (unpaired) electrons. The number of nitrogens with zero attached hydrogens (tertiary/aromatic N) is 4. The van der Waals surface area contributed by atoms with Gasteiger partial charge in [-0.15, -0.1) is 4.80 Å². The van der Waals surface area contributed by atoms with Crippen LogP contribution in [0.5, 0.6) is 5.75 Å². The first kappa shape index (κ1) is 8.49. The Kier molecular flexibility index (Phi) is 2.02. The van der Waals surface area contributed by atoms with Crippen molar-refractivity contribution in [3.8, 4) is 11.6 Å². The highest BCUT2D eigenvalue weighted by atomic mass is 16.5. The zero-order valence-electron chi connectivity index (χ0n) is 7.58. The lowest BCUT2D eigenvalue weighted by Crippen LogP contribution is -2.04. The van der Waals surface area contributed by atoms with Crippen LogP contribution in [0.15, 0.2) is 24.7 Å². The summed E-state index contributed by atoms with van der Waals surface area (Å²) in [5, 5.41) is 7.89. The molecule has 72 valence electrons. The summed E-state index contributed by atoms with van der Waals surface area (Å²) in [4.78, 5) is 5.45. The van der Waals surface area contributed by atoms with Crippen molar-refractivity contribution in [2.45, 2.75) is 0 Å². The molecule has 0 saturated heterocycles. The molecular weight excluding hydrogens is 182 g/mol. The normalized spacial score (nSPS) is 10.1. The van der Waals surface area contributed by atoms with Crippen LogP contribution in [0.2, 0.25) is 0 Å². The van der Waals surface area contributed by atoms with Crippen molar-refractivity contribution in [3.63, 3.8) is 0 Å². The minimum Gasteiger partial charge on any atom is -0.493 e. The molecule has 2 aromatic rings. The van der Waals surface area contributed by atoms with Gasteiger partial charge >= 0.3 is 0 Å². The Labute approximate surface area is 80.3 Å². The maximum absolute atomic E-state index is 5.56. The molecular formula is C8H9N5O. The van der Waals surface area contributed by atoms with Crippen LogP contribution in [0.3, 0.4) is 0 Å². The zero-order chi connectivity index (χ0) is 9.97. The largest absolute Gasteiger partial charge is 0.493 e. The molecule has 2 aromatic heterocycles. The minimum absolute atomic E-state index is 0.520. The predicted octanol–water partition coefficient (Wildman–Crippen LogP) is 0.253. The second-order valence-electron chi connectivity index (χ2n) is 2.61. The highest BCUT2D eigenvalue weighted by molar-refractivity contribution is 5.49. The third kappa shape index (κ3) is 1.37. The van der Waals surface area contributed by atoms with E-state index in [1.165, 1.54) is 11.0 Å². The predicted molar refractivity (Wildman–Crippen MR) is 50.1 cm³/mol. The third-order valence-corrected chi connectivity index (χ3v) is 1.68. The van der Waals surface area contributed by atoms with Crippen molar-refractivity contribution in [3.05, 3.63) is 24.7 Å². The van der Waals surface area contributed by atoms with Gasteiger partial charge in [0.25, 0.3) is 0 Å². The summed E-state index contributed by atoms with van der Waals surface area (Å²) in [6.45, 7) is 0. The van der Waals surface area contributed by atoms with Gasteiger partial charge in [0.1, 0.15) is 0 Å². The Bertz CT molecular complexity index is 425. The summed E-state index contributed by atoms with van der Waals surface area (Å²) >= 11 is 0. The number of hydrogen-bond donors (Lipinski definition) is 1. The molecule has 0 saturated carbocycles. The van der Waals surface area contributed by atoms with Gasteiger partial charge in [0, 0.05) is 6.07 Å². The summed E-state index contributed by atoms with van der Waals surface area (Å²) in [6, 6.07) is 1.67. The van der Waals surface area contributed by atoms with Gasteiger partial charge in [-0.1, -0.05) is 0 Å². The molecule has 0 fully saturated rings. The van der Waals surface area contributed by atoms with E-state index < -0.39 is 0 Å². The van der Waals surface area contributed by atoms with E-state index in [-0.39, 0.29) is 0 Å². The summed E-state index contributed by atoms with van der Waals surface area (Å²) < 4.78 is 5.11. The average molecular weight is 191 g/mol. The number of anilines is 1. The summed E-state index contributed by atoms with van der Waals surface area (Å²) in [5.41, 5.74) is 6.10. The summed E-state index contributed by atoms with van der Waals surface area (Å²) in [6.07, 6.45) is 4.66. The van der Waals surface area contributed by atoms with Crippen LogP contribution >= 0.6 is 0 Å². The lowest BCUT2D eigenvalue weighted by Gasteiger charge is -2.06. The van der Waals surface area contributed by atoms with Crippen LogP contribution < -0.4 is 10.5 Å². The minimum atomic E-state index is 0.520. The molecule has 2 N–H and O–H groups in total. The van der Waals surface area contributed by atoms with Crippen molar-refractivity contribution in [1.82, 2.24) is 20.0 Å². The second-order valence-corrected chi connectivity index (χ2v) is 2.61. The molecule has 0 aliphatic rings. The van der Waals surface area contributed by atoms with Crippen LogP contribution in [0.1, 0.15) is 0 Å². The van der Waals surface area contributed by atoms with Crippen LogP contribution in [0.25, 0.3) is 5.82 Å². The van der Waals surface area contributed by atoms with Gasteiger partial charge in [0.15, 0.2) is 5.75 Å². The maximum atomic E-state index is 5.56. The van der Waals surface area contributed by atoms with E-state index in [1.54, 1.807) is 25.6 Å². The number of hydrogen-bond acceptors (Lipinski definition) is 5. The van der Waals surface area contributed by atoms with Gasteiger partial charge in [-0.25, -0.2) is 4.98 Å². The molecule has 0 bridgehead atoms. The van der Waals surface area contributed by atoms with Crippen molar-refractivity contribution in [1.29, 1.82) is 0 Å². The lowest BCUT2D eigenvalue weighted by molar-refractivity contribution is 0.407. The quantitative estimate of drug-likeness (QED) is 0.736. The van der Waals surface area contributed by atoms with E-state index in [2.05, 4.69) is 15.2 Å². The van der Waals surface area contributed by atoms with Crippen LogP contribution in [-0.4, -0.2) is 27.1 Å². The Hall–Kier alpha value is -2.11. The second kappa shape index (κ2) is 3.33. The molecule has 2 heterocycles. The molecule has 0 aromatic carbocycles. The fraction of sp³-hybridized carbons (Fsp3) is 0.125. The highest BCUT2D eigenvalue weighted by Crippen LogP contribution is 2.20. The van der Waals surface area contributed by atoms with E-state index in [4.69, 9.17) is 10.5 Å².